The number of nitrogens with one attached hydrogen (secondary N) is 2. The second-order valence-electron chi connectivity index (χ2n) is 8.20. The number of Topliss-reactive ketones (excluding diaryl/α,β-unsaturated/α-hetero) is 1. The summed E-state index contributed by atoms with van der Waals surface area (Å²) >= 11 is 0. The average Bonchev–Trinajstić information content (AvgIpc) is 3.37. The molecule has 5 rings (SSSR count). The average molecular weight is 419 g/mol. The summed E-state index contributed by atoms with van der Waals surface area (Å²) in [5.74, 6) is 1.42. The number of para-hydroxylation sites is 1. The van der Waals surface area contributed by atoms with Crippen molar-refractivity contribution in [3.8, 4) is 11.5 Å². The maximum absolute atomic E-state index is 13.0. The number of carbonyl (C=O) groups excluding carboxylic acids is 2. The largest absolute Gasteiger partial charge is 0.454 e. The van der Waals surface area contributed by atoms with Crippen molar-refractivity contribution in [1.82, 2.24) is 9.88 Å². The van der Waals surface area contributed by atoms with Crippen molar-refractivity contribution >= 4 is 28.3 Å². The molecule has 1 saturated heterocycles. The number of benzene rings is 2. The number of ether oxygens (including phenoxy) is 2. The molecule has 2 aromatic carbocycles. The van der Waals surface area contributed by atoms with E-state index in [4.69, 9.17) is 9.47 Å². The van der Waals surface area contributed by atoms with Gasteiger partial charge in [0.05, 0.1) is 6.54 Å². The lowest BCUT2D eigenvalue weighted by molar-refractivity contribution is -0.121. The zero-order valence-corrected chi connectivity index (χ0v) is 17.4. The minimum absolute atomic E-state index is 0.0114. The SMILES string of the molecule is Cc1[nH]c2ccccc2c1C(=O)CN1CCC(C(=O)Nc2ccc3c(c2)OCO3)CC1. The number of anilines is 1. The summed E-state index contributed by atoms with van der Waals surface area (Å²) < 4.78 is 10.7. The number of nitrogens with zero attached hydrogens (tertiary/aromatic N) is 1. The van der Waals surface area contributed by atoms with Gasteiger partial charge in [-0.1, -0.05) is 18.2 Å². The molecule has 1 aromatic heterocycles. The van der Waals surface area contributed by atoms with Gasteiger partial charge in [0.15, 0.2) is 17.3 Å². The number of aromatic nitrogens is 1. The Morgan fingerprint density at radius 2 is 1.87 bits per heavy atom. The number of piperidine rings is 1. The summed E-state index contributed by atoms with van der Waals surface area (Å²) in [5.41, 5.74) is 3.38. The molecule has 0 bridgehead atoms. The summed E-state index contributed by atoms with van der Waals surface area (Å²) in [7, 11) is 0. The number of rotatable bonds is 5. The summed E-state index contributed by atoms with van der Waals surface area (Å²) in [6.45, 7) is 3.99. The van der Waals surface area contributed by atoms with E-state index in [0.29, 0.717) is 23.7 Å². The van der Waals surface area contributed by atoms with E-state index in [1.54, 1.807) is 12.1 Å². The van der Waals surface area contributed by atoms with Crippen LogP contribution in [0.25, 0.3) is 10.9 Å². The summed E-state index contributed by atoms with van der Waals surface area (Å²) in [4.78, 5) is 31.1. The molecule has 0 aliphatic carbocycles. The lowest BCUT2D eigenvalue weighted by Crippen LogP contribution is -2.40. The highest BCUT2D eigenvalue weighted by Crippen LogP contribution is 2.34. The fraction of sp³-hybridized carbons (Fsp3) is 0.333. The molecule has 2 N–H and O–H groups in total. The third-order valence-electron chi connectivity index (χ3n) is 6.14. The number of carbonyl (C=O) groups is 2. The van der Waals surface area contributed by atoms with Crippen molar-refractivity contribution in [2.75, 3.05) is 31.7 Å². The quantitative estimate of drug-likeness (QED) is 0.616. The second-order valence-corrected chi connectivity index (χ2v) is 8.20. The van der Waals surface area contributed by atoms with E-state index < -0.39 is 0 Å². The van der Waals surface area contributed by atoms with E-state index in [1.165, 1.54) is 0 Å². The number of ketones is 1. The van der Waals surface area contributed by atoms with Crippen LogP contribution in [0, 0.1) is 12.8 Å². The van der Waals surface area contributed by atoms with Gasteiger partial charge in [-0.2, -0.15) is 0 Å². The van der Waals surface area contributed by atoms with Gasteiger partial charge in [-0.25, -0.2) is 0 Å². The first-order chi connectivity index (χ1) is 15.1. The van der Waals surface area contributed by atoms with Gasteiger partial charge in [0.25, 0.3) is 0 Å². The third-order valence-corrected chi connectivity index (χ3v) is 6.14. The van der Waals surface area contributed by atoms with Gasteiger partial charge in [-0.3, -0.25) is 14.5 Å². The topological polar surface area (TPSA) is 83.7 Å². The first-order valence-electron chi connectivity index (χ1n) is 10.6. The third kappa shape index (κ3) is 3.88. The zero-order chi connectivity index (χ0) is 21.4. The molecule has 1 fully saturated rings. The fourth-order valence-corrected chi connectivity index (χ4v) is 4.49. The molecule has 31 heavy (non-hydrogen) atoms. The number of fused-ring (bicyclic) bond motifs is 2. The Labute approximate surface area is 180 Å². The lowest BCUT2D eigenvalue weighted by Gasteiger charge is -2.30. The van der Waals surface area contributed by atoms with Gasteiger partial charge >= 0.3 is 0 Å². The van der Waals surface area contributed by atoms with E-state index >= 15 is 0 Å². The van der Waals surface area contributed by atoms with Crippen LogP contribution >= 0.6 is 0 Å². The van der Waals surface area contributed by atoms with E-state index in [-0.39, 0.29) is 24.4 Å². The normalized spacial score (nSPS) is 16.5. The van der Waals surface area contributed by atoms with Crippen molar-refractivity contribution in [3.63, 3.8) is 0 Å². The molecule has 160 valence electrons. The Hall–Kier alpha value is -3.32. The van der Waals surface area contributed by atoms with E-state index in [2.05, 4.69) is 15.2 Å². The molecule has 0 unspecified atom stereocenters. The standard InChI is InChI=1S/C24H25N3O4/c1-15-23(18-4-2-3-5-19(18)25-15)20(28)13-27-10-8-16(9-11-27)24(29)26-17-6-7-21-22(12-17)31-14-30-21/h2-7,12,16,25H,8-11,13-14H2,1H3,(H,26,29). The lowest BCUT2D eigenvalue weighted by atomic mass is 9.95. The molecule has 2 aliphatic rings. The number of aromatic amines is 1. The van der Waals surface area contributed by atoms with Crippen molar-refractivity contribution in [1.29, 1.82) is 0 Å². The van der Waals surface area contributed by atoms with Crippen LogP contribution in [0.2, 0.25) is 0 Å². The van der Waals surface area contributed by atoms with Gasteiger partial charge in [0.1, 0.15) is 0 Å². The molecule has 0 radical (unpaired) electrons. The molecule has 0 spiro atoms. The summed E-state index contributed by atoms with van der Waals surface area (Å²) in [5, 5.41) is 3.96. The Morgan fingerprint density at radius 3 is 2.71 bits per heavy atom. The van der Waals surface area contributed by atoms with Gasteiger partial charge in [-0.15, -0.1) is 0 Å². The van der Waals surface area contributed by atoms with E-state index in [9.17, 15) is 9.59 Å². The summed E-state index contributed by atoms with van der Waals surface area (Å²) in [6.07, 6.45) is 1.47. The highest BCUT2D eigenvalue weighted by atomic mass is 16.7. The van der Waals surface area contributed by atoms with Crippen LogP contribution in [0.4, 0.5) is 5.69 Å². The Morgan fingerprint density at radius 1 is 1.10 bits per heavy atom. The number of hydrogen-bond acceptors (Lipinski definition) is 5. The van der Waals surface area contributed by atoms with Gasteiger partial charge in [-0.05, 0) is 51.1 Å². The van der Waals surface area contributed by atoms with Crippen LogP contribution in [-0.4, -0.2) is 48.0 Å². The van der Waals surface area contributed by atoms with Gasteiger partial charge in [0, 0.05) is 39.8 Å². The maximum atomic E-state index is 13.0. The van der Waals surface area contributed by atoms with E-state index in [1.807, 2.05) is 37.3 Å². The van der Waals surface area contributed by atoms with Crippen molar-refractivity contribution < 1.29 is 19.1 Å². The second kappa shape index (κ2) is 8.07. The van der Waals surface area contributed by atoms with Crippen LogP contribution in [0.5, 0.6) is 11.5 Å². The predicted octanol–water partition coefficient (Wildman–Crippen LogP) is 3.74. The Kier molecular flexibility index (Phi) is 5.11. The van der Waals surface area contributed by atoms with Crippen molar-refractivity contribution in [2.45, 2.75) is 19.8 Å². The molecule has 2 aliphatic heterocycles. The minimum atomic E-state index is -0.0633. The monoisotopic (exact) mass is 419 g/mol. The first-order valence-corrected chi connectivity index (χ1v) is 10.6. The first kappa shape index (κ1) is 19.6. The van der Waals surface area contributed by atoms with Crippen molar-refractivity contribution in [2.24, 2.45) is 5.92 Å². The Balaban J connectivity index is 1.17. The molecule has 0 saturated carbocycles. The number of aryl methyl sites for hydroxylation is 1. The molecular weight excluding hydrogens is 394 g/mol. The molecule has 3 heterocycles. The van der Waals surface area contributed by atoms with Crippen LogP contribution in [-0.2, 0) is 4.79 Å². The fourth-order valence-electron chi connectivity index (χ4n) is 4.49. The van der Waals surface area contributed by atoms with Crippen LogP contribution in [0.3, 0.4) is 0 Å². The van der Waals surface area contributed by atoms with Gasteiger partial charge < -0.3 is 19.8 Å². The van der Waals surface area contributed by atoms with Crippen LogP contribution in [0.15, 0.2) is 42.5 Å². The molecule has 0 atom stereocenters. The van der Waals surface area contributed by atoms with E-state index in [0.717, 1.165) is 48.1 Å². The van der Waals surface area contributed by atoms with Crippen LogP contribution < -0.4 is 14.8 Å². The number of amides is 1. The van der Waals surface area contributed by atoms with Crippen LogP contribution in [0.1, 0.15) is 28.9 Å². The molecule has 1 amide bonds. The Bertz CT molecular complexity index is 1140. The molecule has 7 heteroatoms. The zero-order valence-electron chi connectivity index (χ0n) is 17.4. The predicted molar refractivity (Wildman–Crippen MR) is 118 cm³/mol. The van der Waals surface area contributed by atoms with Crippen molar-refractivity contribution in [3.05, 3.63) is 53.7 Å². The highest BCUT2D eigenvalue weighted by molar-refractivity contribution is 6.10. The molecule has 7 nitrogen and oxygen atoms in total. The molecule has 3 aromatic rings. The smallest absolute Gasteiger partial charge is 0.231 e. The number of hydrogen-bond donors (Lipinski definition) is 2. The minimum Gasteiger partial charge on any atom is -0.454 e. The number of likely N-dealkylation sites (tertiary alicyclic amines) is 1. The maximum Gasteiger partial charge on any atom is 0.231 e. The van der Waals surface area contributed by atoms with Gasteiger partial charge in [0.2, 0.25) is 12.7 Å². The highest BCUT2D eigenvalue weighted by Gasteiger charge is 2.27. The number of H-pyrrole nitrogens is 1. The summed E-state index contributed by atoms with van der Waals surface area (Å²) in [6, 6.07) is 13.3. The molecular formula is C24H25N3O4.